The fourth-order valence-corrected chi connectivity index (χ4v) is 5.21. The first kappa shape index (κ1) is 23.4. The molecular formula is C24H23N3O6S. The van der Waals surface area contributed by atoms with E-state index in [0.29, 0.717) is 0 Å². The van der Waals surface area contributed by atoms with Crippen LogP contribution in [-0.2, 0) is 14.8 Å². The molecule has 3 aromatic carbocycles. The highest BCUT2D eigenvalue weighted by Crippen LogP contribution is 2.23. The van der Waals surface area contributed by atoms with Gasteiger partial charge in [-0.1, -0.05) is 18.2 Å². The third-order valence-corrected chi connectivity index (χ3v) is 7.64. The summed E-state index contributed by atoms with van der Waals surface area (Å²) in [5, 5.41) is 12.9. The normalized spacial score (nSPS) is 15.0. The molecule has 176 valence electrons. The molecule has 0 radical (unpaired) electrons. The van der Waals surface area contributed by atoms with Crippen LogP contribution < -0.4 is 4.74 Å². The van der Waals surface area contributed by atoms with Crippen molar-refractivity contribution in [2.75, 3.05) is 33.3 Å². The monoisotopic (exact) mass is 481 g/mol. The summed E-state index contributed by atoms with van der Waals surface area (Å²) in [5.74, 6) is 0.586. The van der Waals surface area contributed by atoms with E-state index < -0.39 is 14.9 Å². The van der Waals surface area contributed by atoms with E-state index in [1.807, 2.05) is 36.4 Å². The van der Waals surface area contributed by atoms with E-state index in [-0.39, 0.29) is 42.7 Å². The van der Waals surface area contributed by atoms with Gasteiger partial charge >= 0.3 is 0 Å². The molecule has 4 rings (SSSR count). The Hall–Kier alpha value is -3.76. The van der Waals surface area contributed by atoms with Gasteiger partial charge in [-0.3, -0.25) is 14.9 Å². The van der Waals surface area contributed by atoms with Crippen LogP contribution in [0.15, 0.2) is 71.6 Å². The number of sulfonamides is 1. The second kappa shape index (κ2) is 9.62. The van der Waals surface area contributed by atoms with Gasteiger partial charge in [-0.05, 0) is 52.7 Å². The Kier molecular flexibility index (Phi) is 6.62. The molecule has 0 atom stereocenters. The number of hydrogen-bond donors (Lipinski definition) is 0. The molecule has 0 unspecified atom stereocenters. The summed E-state index contributed by atoms with van der Waals surface area (Å²) in [4.78, 5) is 24.4. The standard InChI is InChI=1S/C24H23N3O6S/c1-33-22-8-5-19-16-18(2-4-20(19)17-22)3-11-24(28)25-12-14-26(15-13-25)34(31,32)23-9-6-21(7-10-23)27(29)30/h2-11,16-17H,12-15H2,1H3/b11-3+. The summed E-state index contributed by atoms with van der Waals surface area (Å²) in [5.41, 5.74) is 0.706. The number of hydrogen-bond acceptors (Lipinski definition) is 6. The summed E-state index contributed by atoms with van der Waals surface area (Å²) in [7, 11) is -2.17. The number of non-ortho nitro benzene ring substituents is 1. The van der Waals surface area contributed by atoms with Gasteiger partial charge in [0.15, 0.2) is 0 Å². The van der Waals surface area contributed by atoms with Crippen molar-refractivity contribution < 1.29 is 22.9 Å². The minimum atomic E-state index is -3.79. The van der Waals surface area contributed by atoms with E-state index in [1.54, 1.807) is 18.1 Å². The number of rotatable bonds is 6. The SMILES string of the molecule is COc1ccc2cc(/C=C/C(=O)N3CCN(S(=O)(=O)c4ccc([N+](=O)[O-])cc4)CC3)ccc2c1. The number of nitro benzene ring substituents is 1. The van der Waals surface area contributed by atoms with Crippen molar-refractivity contribution in [1.82, 2.24) is 9.21 Å². The van der Waals surface area contributed by atoms with Gasteiger partial charge in [0.05, 0.1) is 16.9 Å². The van der Waals surface area contributed by atoms with Gasteiger partial charge in [0.1, 0.15) is 5.75 Å². The van der Waals surface area contributed by atoms with Crippen LogP contribution in [-0.4, -0.2) is 61.7 Å². The van der Waals surface area contributed by atoms with Crippen LogP contribution >= 0.6 is 0 Å². The lowest BCUT2D eigenvalue weighted by atomic mass is 10.1. The van der Waals surface area contributed by atoms with Crippen LogP contribution in [0.2, 0.25) is 0 Å². The Balaban J connectivity index is 1.38. The number of piperazine rings is 1. The largest absolute Gasteiger partial charge is 0.497 e. The van der Waals surface area contributed by atoms with Crippen molar-refractivity contribution in [3.8, 4) is 5.75 Å². The second-order valence-corrected chi connectivity index (χ2v) is 9.72. The van der Waals surface area contributed by atoms with E-state index in [1.165, 1.54) is 34.6 Å². The van der Waals surface area contributed by atoms with Crippen LogP contribution in [0, 0.1) is 10.1 Å². The number of nitro groups is 1. The number of benzene rings is 3. The van der Waals surface area contributed by atoms with Gasteiger partial charge in [-0.25, -0.2) is 8.42 Å². The minimum absolute atomic E-state index is 0.00769. The Bertz CT molecular complexity index is 1360. The maximum atomic E-state index is 12.8. The van der Waals surface area contributed by atoms with Gasteiger partial charge in [0.25, 0.3) is 5.69 Å². The Morgan fingerprint density at radius 2 is 1.62 bits per heavy atom. The van der Waals surface area contributed by atoms with Crippen LogP contribution in [0.1, 0.15) is 5.56 Å². The lowest BCUT2D eigenvalue weighted by Crippen LogP contribution is -2.50. The van der Waals surface area contributed by atoms with Gasteiger partial charge < -0.3 is 9.64 Å². The average molecular weight is 482 g/mol. The van der Waals surface area contributed by atoms with Crippen molar-refractivity contribution in [3.63, 3.8) is 0 Å². The first-order chi connectivity index (χ1) is 16.3. The van der Waals surface area contributed by atoms with Crippen molar-refractivity contribution in [2.24, 2.45) is 0 Å². The quantitative estimate of drug-likeness (QED) is 0.304. The molecule has 1 aliphatic heterocycles. The Morgan fingerprint density at radius 3 is 2.26 bits per heavy atom. The van der Waals surface area contributed by atoms with Gasteiger partial charge in [0.2, 0.25) is 15.9 Å². The summed E-state index contributed by atoms with van der Waals surface area (Å²) in [6, 6.07) is 16.4. The molecule has 1 fully saturated rings. The number of nitrogens with zero attached hydrogens (tertiary/aromatic N) is 3. The molecule has 1 heterocycles. The van der Waals surface area contributed by atoms with E-state index in [0.717, 1.165) is 22.1 Å². The zero-order valence-corrected chi connectivity index (χ0v) is 19.3. The van der Waals surface area contributed by atoms with Crippen LogP contribution in [0.4, 0.5) is 5.69 Å². The maximum absolute atomic E-state index is 12.8. The molecule has 0 N–H and O–H groups in total. The predicted octanol–water partition coefficient (Wildman–Crippen LogP) is 3.30. The highest BCUT2D eigenvalue weighted by molar-refractivity contribution is 7.89. The zero-order chi connectivity index (χ0) is 24.3. The lowest BCUT2D eigenvalue weighted by molar-refractivity contribution is -0.384. The molecule has 0 aliphatic carbocycles. The highest BCUT2D eigenvalue weighted by Gasteiger charge is 2.29. The fraction of sp³-hybridized carbons (Fsp3) is 0.208. The third-order valence-electron chi connectivity index (χ3n) is 5.73. The molecule has 10 heteroatoms. The van der Waals surface area contributed by atoms with E-state index >= 15 is 0 Å². The third kappa shape index (κ3) is 4.92. The van der Waals surface area contributed by atoms with E-state index in [9.17, 15) is 23.3 Å². The molecule has 0 bridgehead atoms. The molecule has 0 saturated carbocycles. The molecule has 3 aromatic rings. The summed E-state index contributed by atoms with van der Waals surface area (Å²) in [6.45, 7) is 0.813. The smallest absolute Gasteiger partial charge is 0.269 e. The number of amides is 1. The Labute approximate surface area is 197 Å². The fourth-order valence-electron chi connectivity index (χ4n) is 3.78. The van der Waals surface area contributed by atoms with Crippen molar-refractivity contribution >= 4 is 38.5 Å². The zero-order valence-electron chi connectivity index (χ0n) is 18.5. The number of methoxy groups -OCH3 is 1. The first-order valence-electron chi connectivity index (χ1n) is 10.6. The predicted molar refractivity (Wildman–Crippen MR) is 128 cm³/mol. The molecule has 1 aliphatic rings. The van der Waals surface area contributed by atoms with Crippen molar-refractivity contribution in [1.29, 1.82) is 0 Å². The lowest BCUT2D eigenvalue weighted by Gasteiger charge is -2.33. The number of carbonyl (C=O) groups is 1. The van der Waals surface area contributed by atoms with Crippen LogP contribution in [0.25, 0.3) is 16.8 Å². The minimum Gasteiger partial charge on any atom is -0.497 e. The topological polar surface area (TPSA) is 110 Å². The molecule has 1 amide bonds. The van der Waals surface area contributed by atoms with Gasteiger partial charge in [0, 0.05) is 44.4 Å². The van der Waals surface area contributed by atoms with Gasteiger partial charge in [-0.2, -0.15) is 4.31 Å². The van der Waals surface area contributed by atoms with Crippen molar-refractivity contribution in [3.05, 3.63) is 82.4 Å². The number of carbonyl (C=O) groups excluding carboxylic acids is 1. The summed E-state index contributed by atoms with van der Waals surface area (Å²) < 4.78 is 32.2. The molecular weight excluding hydrogens is 458 g/mol. The van der Waals surface area contributed by atoms with Crippen LogP contribution in [0.3, 0.4) is 0 Å². The van der Waals surface area contributed by atoms with Crippen LogP contribution in [0.5, 0.6) is 5.75 Å². The highest BCUT2D eigenvalue weighted by atomic mass is 32.2. The second-order valence-electron chi connectivity index (χ2n) is 7.79. The summed E-state index contributed by atoms with van der Waals surface area (Å²) >= 11 is 0. The maximum Gasteiger partial charge on any atom is 0.269 e. The molecule has 9 nitrogen and oxygen atoms in total. The molecule has 0 spiro atoms. The summed E-state index contributed by atoms with van der Waals surface area (Å²) in [6.07, 6.45) is 3.23. The van der Waals surface area contributed by atoms with Gasteiger partial charge in [-0.15, -0.1) is 0 Å². The first-order valence-corrected chi connectivity index (χ1v) is 12.0. The van der Waals surface area contributed by atoms with E-state index in [2.05, 4.69) is 0 Å². The number of ether oxygens (including phenoxy) is 1. The molecule has 1 saturated heterocycles. The van der Waals surface area contributed by atoms with Crippen molar-refractivity contribution in [2.45, 2.75) is 4.90 Å². The van der Waals surface area contributed by atoms with E-state index in [4.69, 9.17) is 4.74 Å². The number of fused-ring (bicyclic) bond motifs is 1. The Morgan fingerprint density at radius 1 is 0.971 bits per heavy atom. The molecule has 34 heavy (non-hydrogen) atoms. The molecule has 0 aromatic heterocycles. The average Bonchev–Trinajstić information content (AvgIpc) is 2.86.